The summed E-state index contributed by atoms with van der Waals surface area (Å²) in [6.07, 6.45) is 0.428. The van der Waals surface area contributed by atoms with Crippen LogP contribution >= 0.6 is 0 Å². The summed E-state index contributed by atoms with van der Waals surface area (Å²) in [5, 5.41) is 3.41. The monoisotopic (exact) mass is 372 g/mol. The van der Waals surface area contributed by atoms with Crippen LogP contribution in [0.4, 0.5) is 4.39 Å². The van der Waals surface area contributed by atoms with Crippen molar-refractivity contribution in [1.82, 2.24) is 10.2 Å². The van der Waals surface area contributed by atoms with Crippen molar-refractivity contribution in [2.45, 2.75) is 25.6 Å². The Morgan fingerprint density at radius 2 is 2.15 bits per heavy atom. The summed E-state index contributed by atoms with van der Waals surface area (Å²) in [6, 6.07) is 10.2. The second kappa shape index (κ2) is 7.44. The Morgan fingerprint density at radius 1 is 1.26 bits per heavy atom. The first-order chi connectivity index (χ1) is 13.1. The maximum atomic E-state index is 13.3. The molecule has 27 heavy (non-hydrogen) atoms. The third kappa shape index (κ3) is 3.83. The molecule has 2 aliphatic rings. The van der Waals surface area contributed by atoms with Gasteiger partial charge in [0.05, 0.1) is 7.11 Å². The van der Waals surface area contributed by atoms with Gasteiger partial charge in [-0.05, 0) is 35.4 Å². The Kier molecular flexibility index (Phi) is 4.85. The number of hydrogen-bond donors (Lipinski definition) is 1. The van der Waals surface area contributed by atoms with E-state index in [1.807, 2.05) is 18.2 Å². The number of nitrogens with zero attached hydrogens (tertiary/aromatic N) is 1. The Balaban J connectivity index is 1.36. The van der Waals surface area contributed by atoms with Crippen molar-refractivity contribution in [3.63, 3.8) is 0 Å². The smallest absolute Gasteiger partial charge is 0.231 e. The number of carbonyl (C=O) groups is 1. The van der Waals surface area contributed by atoms with E-state index in [0.717, 1.165) is 11.1 Å². The van der Waals surface area contributed by atoms with Crippen LogP contribution in [0.1, 0.15) is 17.5 Å². The molecule has 1 atom stereocenters. The van der Waals surface area contributed by atoms with E-state index in [2.05, 4.69) is 5.32 Å². The van der Waals surface area contributed by atoms with Crippen LogP contribution in [0.2, 0.25) is 0 Å². The Bertz CT molecular complexity index is 858. The fourth-order valence-corrected chi connectivity index (χ4v) is 3.47. The summed E-state index contributed by atoms with van der Waals surface area (Å²) in [4.78, 5) is 14.0. The summed E-state index contributed by atoms with van der Waals surface area (Å²) in [6.45, 7) is 1.79. The summed E-state index contributed by atoms with van der Waals surface area (Å²) < 4.78 is 29.5. The number of carbonyl (C=O) groups excluding carboxylic acids is 1. The van der Waals surface area contributed by atoms with Crippen LogP contribution in [-0.2, 0) is 17.9 Å². The van der Waals surface area contributed by atoms with E-state index in [1.54, 1.807) is 18.1 Å². The van der Waals surface area contributed by atoms with Crippen LogP contribution in [0, 0.1) is 5.82 Å². The fourth-order valence-electron chi connectivity index (χ4n) is 3.47. The molecule has 0 saturated carbocycles. The topological polar surface area (TPSA) is 60.0 Å². The molecule has 0 aromatic heterocycles. The first-order valence-electron chi connectivity index (χ1n) is 8.84. The van der Waals surface area contributed by atoms with Gasteiger partial charge in [0.25, 0.3) is 0 Å². The zero-order chi connectivity index (χ0) is 18.8. The average Bonchev–Trinajstić information content (AvgIpc) is 3.26. The average molecular weight is 372 g/mol. The van der Waals surface area contributed by atoms with Gasteiger partial charge in [-0.2, -0.15) is 0 Å². The van der Waals surface area contributed by atoms with Gasteiger partial charge in [-0.1, -0.05) is 12.1 Å². The van der Waals surface area contributed by atoms with E-state index in [4.69, 9.17) is 14.2 Å². The Morgan fingerprint density at radius 3 is 2.96 bits per heavy atom. The van der Waals surface area contributed by atoms with Gasteiger partial charge in [-0.15, -0.1) is 0 Å². The molecule has 1 amide bonds. The minimum absolute atomic E-state index is 0.0440. The zero-order valence-electron chi connectivity index (χ0n) is 15.0. The minimum Gasteiger partial charge on any atom is -0.493 e. The molecule has 2 heterocycles. The molecule has 2 aromatic rings. The number of hydrogen-bond acceptors (Lipinski definition) is 5. The van der Waals surface area contributed by atoms with Gasteiger partial charge in [-0.25, -0.2) is 4.39 Å². The summed E-state index contributed by atoms with van der Waals surface area (Å²) in [7, 11) is 1.59. The van der Waals surface area contributed by atoms with Gasteiger partial charge in [0, 0.05) is 32.1 Å². The molecule has 0 bridgehead atoms. The van der Waals surface area contributed by atoms with Gasteiger partial charge >= 0.3 is 0 Å². The Hall–Kier alpha value is -2.80. The van der Waals surface area contributed by atoms with E-state index in [0.29, 0.717) is 43.3 Å². The Labute approximate surface area is 156 Å². The SMILES string of the molecule is COc1cc(CNC2CC(=O)N(Cc3cccc(F)c3)C2)cc2c1OCO2. The van der Waals surface area contributed by atoms with Gasteiger partial charge in [0.2, 0.25) is 18.4 Å². The number of likely N-dealkylation sites (tertiary alicyclic amines) is 1. The van der Waals surface area contributed by atoms with E-state index in [1.165, 1.54) is 12.1 Å². The quantitative estimate of drug-likeness (QED) is 0.844. The first kappa shape index (κ1) is 17.6. The third-order valence-electron chi connectivity index (χ3n) is 4.79. The van der Waals surface area contributed by atoms with Crippen molar-refractivity contribution in [1.29, 1.82) is 0 Å². The van der Waals surface area contributed by atoms with Crippen molar-refractivity contribution in [2.24, 2.45) is 0 Å². The second-order valence-electron chi connectivity index (χ2n) is 6.72. The number of ether oxygens (including phenoxy) is 3. The standard InChI is InChI=1S/C20H21FN2O4/c1-25-17-6-14(7-18-20(17)27-12-26-18)9-22-16-8-19(24)23(11-16)10-13-3-2-4-15(21)5-13/h2-7,16,22H,8-12H2,1H3. The highest BCUT2D eigenvalue weighted by Crippen LogP contribution is 2.41. The highest BCUT2D eigenvalue weighted by atomic mass is 19.1. The number of fused-ring (bicyclic) bond motifs is 1. The summed E-state index contributed by atoms with van der Waals surface area (Å²) >= 11 is 0. The van der Waals surface area contributed by atoms with E-state index in [-0.39, 0.29) is 24.6 Å². The molecule has 1 unspecified atom stereocenters. The fraction of sp³-hybridized carbons (Fsp3) is 0.350. The number of nitrogens with one attached hydrogen (secondary N) is 1. The molecule has 0 radical (unpaired) electrons. The molecule has 0 spiro atoms. The number of methoxy groups -OCH3 is 1. The van der Waals surface area contributed by atoms with Crippen LogP contribution < -0.4 is 19.5 Å². The summed E-state index contributed by atoms with van der Waals surface area (Å²) in [5.41, 5.74) is 1.79. The molecule has 2 aromatic carbocycles. The van der Waals surface area contributed by atoms with Crippen LogP contribution in [0.5, 0.6) is 17.2 Å². The maximum absolute atomic E-state index is 13.3. The molecule has 1 fully saturated rings. The molecule has 0 aliphatic carbocycles. The summed E-state index contributed by atoms with van der Waals surface area (Å²) in [5.74, 6) is 1.71. The van der Waals surface area contributed by atoms with Crippen molar-refractivity contribution in [3.8, 4) is 17.2 Å². The van der Waals surface area contributed by atoms with Gasteiger partial charge < -0.3 is 24.4 Å². The van der Waals surface area contributed by atoms with Crippen molar-refractivity contribution in [3.05, 3.63) is 53.3 Å². The third-order valence-corrected chi connectivity index (χ3v) is 4.79. The maximum Gasteiger partial charge on any atom is 0.231 e. The first-order valence-corrected chi connectivity index (χ1v) is 8.84. The lowest BCUT2D eigenvalue weighted by Gasteiger charge is -2.17. The molecule has 1 N–H and O–H groups in total. The molecular formula is C20H21FN2O4. The van der Waals surface area contributed by atoms with Gasteiger partial charge in [0.1, 0.15) is 5.82 Å². The van der Waals surface area contributed by atoms with E-state index in [9.17, 15) is 9.18 Å². The van der Waals surface area contributed by atoms with Crippen molar-refractivity contribution >= 4 is 5.91 Å². The molecular weight excluding hydrogens is 351 g/mol. The van der Waals surface area contributed by atoms with Crippen LogP contribution in [0.25, 0.3) is 0 Å². The van der Waals surface area contributed by atoms with E-state index < -0.39 is 0 Å². The number of amides is 1. The molecule has 6 nitrogen and oxygen atoms in total. The molecule has 142 valence electrons. The largest absolute Gasteiger partial charge is 0.493 e. The lowest BCUT2D eigenvalue weighted by molar-refractivity contribution is -0.128. The van der Waals surface area contributed by atoms with Gasteiger partial charge in [0.15, 0.2) is 11.5 Å². The predicted molar refractivity (Wildman–Crippen MR) is 96.2 cm³/mol. The molecule has 1 saturated heterocycles. The van der Waals surface area contributed by atoms with Crippen molar-refractivity contribution < 1.29 is 23.4 Å². The minimum atomic E-state index is -0.287. The highest BCUT2D eigenvalue weighted by molar-refractivity contribution is 5.79. The molecule has 7 heteroatoms. The number of halogens is 1. The second-order valence-corrected chi connectivity index (χ2v) is 6.72. The van der Waals surface area contributed by atoms with Crippen LogP contribution in [0.3, 0.4) is 0 Å². The van der Waals surface area contributed by atoms with Crippen molar-refractivity contribution in [2.75, 3.05) is 20.4 Å². The van der Waals surface area contributed by atoms with Crippen LogP contribution in [0.15, 0.2) is 36.4 Å². The van der Waals surface area contributed by atoms with E-state index >= 15 is 0 Å². The van der Waals surface area contributed by atoms with Crippen LogP contribution in [-0.4, -0.2) is 37.3 Å². The number of benzene rings is 2. The normalized spacial score (nSPS) is 18.2. The zero-order valence-corrected chi connectivity index (χ0v) is 15.0. The highest BCUT2D eigenvalue weighted by Gasteiger charge is 2.29. The predicted octanol–water partition coefficient (Wildman–Crippen LogP) is 2.45. The van der Waals surface area contributed by atoms with Gasteiger partial charge in [-0.3, -0.25) is 4.79 Å². The number of rotatable bonds is 6. The lowest BCUT2D eigenvalue weighted by Crippen LogP contribution is -2.32. The lowest BCUT2D eigenvalue weighted by atomic mass is 10.1. The molecule has 4 rings (SSSR count). The molecule has 2 aliphatic heterocycles.